The lowest BCUT2D eigenvalue weighted by Gasteiger charge is -2.12. The molecule has 0 aliphatic heterocycles. The van der Waals surface area contributed by atoms with Crippen molar-refractivity contribution < 1.29 is 0 Å². The van der Waals surface area contributed by atoms with E-state index < -0.39 is 0 Å². The Labute approximate surface area is 104 Å². The van der Waals surface area contributed by atoms with E-state index in [1.54, 1.807) is 6.20 Å². The van der Waals surface area contributed by atoms with Crippen molar-refractivity contribution in [1.29, 1.82) is 0 Å². The SMILES string of the molecule is Cc1cc(C)c(Nc2nccn2C)c(Br)c1. The molecule has 0 aliphatic rings. The first kappa shape index (κ1) is 11.2. The summed E-state index contributed by atoms with van der Waals surface area (Å²) in [5.41, 5.74) is 3.52. The summed E-state index contributed by atoms with van der Waals surface area (Å²) in [6.45, 7) is 4.17. The van der Waals surface area contributed by atoms with E-state index in [9.17, 15) is 0 Å². The third-order valence-corrected chi connectivity index (χ3v) is 3.12. The zero-order chi connectivity index (χ0) is 11.7. The average Bonchev–Trinajstić information content (AvgIpc) is 2.57. The molecule has 0 bridgehead atoms. The lowest BCUT2D eigenvalue weighted by Crippen LogP contribution is -2.01. The van der Waals surface area contributed by atoms with E-state index in [0.29, 0.717) is 0 Å². The van der Waals surface area contributed by atoms with Crippen LogP contribution in [0.4, 0.5) is 11.6 Å². The molecule has 2 rings (SSSR count). The van der Waals surface area contributed by atoms with Crippen LogP contribution in [0.15, 0.2) is 29.0 Å². The predicted molar refractivity (Wildman–Crippen MR) is 70.1 cm³/mol. The lowest BCUT2D eigenvalue weighted by molar-refractivity contribution is 0.923. The molecule has 1 aromatic carbocycles. The van der Waals surface area contributed by atoms with Crippen molar-refractivity contribution in [3.8, 4) is 0 Å². The minimum atomic E-state index is 0.840. The molecule has 0 fully saturated rings. The first-order chi connectivity index (χ1) is 7.58. The number of nitrogens with zero attached hydrogens (tertiary/aromatic N) is 2. The van der Waals surface area contributed by atoms with Crippen LogP contribution in [-0.2, 0) is 7.05 Å². The molecule has 1 N–H and O–H groups in total. The second-order valence-electron chi connectivity index (χ2n) is 3.93. The van der Waals surface area contributed by atoms with Gasteiger partial charge in [0.1, 0.15) is 0 Å². The van der Waals surface area contributed by atoms with Gasteiger partial charge in [0.05, 0.1) is 5.69 Å². The van der Waals surface area contributed by atoms with Gasteiger partial charge in [-0.25, -0.2) is 4.98 Å². The highest BCUT2D eigenvalue weighted by Crippen LogP contribution is 2.29. The highest BCUT2D eigenvalue weighted by Gasteiger charge is 2.07. The van der Waals surface area contributed by atoms with E-state index in [0.717, 1.165) is 16.1 Å². The van der Waals surface area contributed by atoms with Gasteiger partial charge in [0.25, 0.3) is 0 Å². The number of aromatic nitrogens is 2. The van der Waals surface area contributed by atoms with E-state index >= 15 is 0 Å². The zero-order valence-electron chi connectivity index (χ0n) is 9.58. The fourth-order valence-electron chi connectivity index (χ4n) is 1.67. The van der Waals surface area contributed by atoms with Gasteiger partial charge in [0, 0.05) is 23.9 Å². The minimum absolute atomic E-state index is 0.840. The largest absolute Gasteiger partial charge is 0.324 e. The van der Waals surface area contributed by atoms with Crippen molar-refractivity contribution in [2.45, 2.75) is 13.8 Å². The molecular formula is C12H14BrN3. The fraction of sp³-hybridized carbons (Fsp3) is 0.250. The van der Waals surface area contributed by atoms with Crippen molar-refractivity contribution in [2.75, 3.05) is 5.32 Å². The van der Waals surface area contributed by atoms with Crippen LogP contribution in [0.1, 0.15) is 11.1 Å². The van der Waals surface area contributed by atoms with Gasteiger partial charge >= 0.3 is 0 Å². The molecule has 1 heterocycles. The van der Waals surface area contributed by atoms with Crippen LogP contribution in [-0.4, -0.2) is 9.55 Å². The highest BCUT2D eigenvalue weighted by atomic mass is 79.9. The molecule has 1 aromatic heterocycles. The molecule has 3 nitrogen and oxygen atoms in total. The Hall–Kier alpha value is -1.29. The molecule has 0 saturated carbocycles. The van der Waals surface area contributed by atoms with E-state index in [1.165, 1.54) is 11.1 Å². The summed E-state index contributed by atoms with van der Waals surface area (Å²) in [6.07, 6.45) is 3.69. The molecular weight excluding hydrogens is 266 g/mol. The highest BCUT2D eigenvalue weighted by molar-refractivity contribution is 9.10. The van der Waals surface area contributed by atoms with Gasteiger partial charge in [0.2, 0.25) is 5.95 Å². The van der Waals surface area contributed by atoms with Crippen LogP contribution >= 0.6 is 15.9 Å². The van der Waals surface area contributed by atoms with Crippen LogP contribution in [0, 0.1) is 13.8 Å². The van der Waals surface area contributed by atoms with E-state index in [4.69, 9.17) is 0 Å². The van der Waals surface area contributed by atoms with Crippen LogP contribution in [0.2, 0.25) is 0 Å². The van der Waals surface area contributed by atoms with Gasteiger partial charge in [-0.15, -0.1) is 0 Å². The average molecular weight is 280 g/mol. The first-order valence-corrected chi connectivity index (χ1v) is 5.88. The normalized spacial score (nSPS) is 10.5. The maximum Gasteiger partial charge on any atom is 0.207 e. The number of imidazole rings is 1. The van der Waals surface area contributed by atoms with Crippen molar-refractivity contribution in [3.05, 3.63) is 40.1 Å². The Bertz CT molecular complexity index is 494. The monoisotopic (exact) mass is 279 g/mol. The Morgan fingerprint density at radius 2 is 2.06 bits per heavy atom. The minimum Gasteiger partial charge on any atom is -0.324 e. The standard InChI is InChI=1S/C12H14BrN3/c1-8-6-9(2)11(10(13)7-8)15-12-14-4-5-16(12)3/h4-7H,1-3H3,(H,14,15). The Balaban J connectivity index is 2.39. The third kappa shape index (κ3) is 2.11. The second-order valence-corrected chi connectivity index (χ2v) is 4.78. The number of halogens is 1. The van der Waals surface area contributed by atoms with Crippen LogP contribution in [0.25, 0.3) is 0 Å². The molecule has 0 saturated heterocycles. The van der Waals surface area contributed by atoms with Gasteiger partial charge in [-0.2, -0.15) is 0 Å². The van der Waals surface area contributed by atoms with Gasteiger partial charge in [-0.1, -0.05) is 6.07 Å². The first-order valence-electron chi connectivity index (χ1n) is 5.09. The Morgan fingerprint density at radius 3 is 2.62 bits per heavy atom. The molecule has 84 valence electrons. The summed E-state index contributed by atoms with van der Waals surface area (Å²) in [5, 5.41) is 3.32. The van der Waals surface area contributed by atoms with E-state index in [2.05, 4.69) is 52.2 Å². The van der Waals surface area contributed by atoms with Crippen LogP contribution in [0.3, 0.4) is 0 Å². The van der Waals surface area contributed by atoms with Crippen molar-refractivity contribution in [1.82, 2.24) is 9.55 Å². The van der Waals surface area contributed by atoms with Gasteiger partial charge in [-0.05, 0) is 47.0 Å². The molecule has 0 amide bonds. The Morgan fingerprint density at radius 1 is 1.31 bits per heavy atom. The summed E-state index contributed by atoms with van der Waals surface area (Å²) in [4.78, 5) is 4.25. The smallest absolute Gasteiger partial charge is 0.207 e. The predicted octanol–water partition coefficient (Wildman–Crippen LogP) is 3.54. The molecule has 0 radical (unpaired) electrons. The number of nitrogens with one attached hydrogen (secondary N) is 1. The maximum absolute atomic E-state index is 4.25. The molecule has 0 aliphatic carbocycles. The van der Waals surface area contributed by atoms with E-state index in [-0.39, 0.29) is 0 Å². The van der Waals surface area contributed by atoms with Crippen molar-refractivity contribution in [3.63, 3.8) is 0 Å². The van der Waals surface area contributed by atoms with Gasteiger partial charge < -0.3 is 9.88 Å². The Kier molecular flexibility index (Phi) is 3.01. The summed E-state index contributed by atoms with van der Waals surface area (Å²) in [5.74, 6) is 0.840. The zero-order valence-corrected chi connectivity index (χ0v) is 11.2. The molecule has 0 atom stereocenters. The molecule has 16 heavy (non-hydrogen) atoms. The molecule has 0 unspecified atom stereocenters. The summed E-state index contributed by atoms with van der Waals surface area (Å²) >= 11 is 3.57. The third-order valence-electron chi connectivity index (χ3n) is 2.49. The van der Waals surface area contributed by atoms with Gasteiger partial charge in [0.15, 0.2) is 0 Å². The number of aryl methyl sites for hydroxylation is 3. The van der Waals surface area contributed by atoms with Crippen molar-refractivity contribution in [2.24, 2.45) is 7.05 Å². The quantitative estimate of drug-likeness (QED) is 0.911. The maximum atomic E-state index is 4.25. The van der Waals surface area contributed by atoms with Crippen molar-refractivity contribution >= 4 is 27.6 Å². The lowest BCUT2D eigenvalue weighted by atomic mass is 10.1. The number of hydrogen-bond donors (Lipinski definition) is 1. The molecule has 4 heteroatoms. The second kappa shape index (κ2) is 4.29. The number of rotatable bonds is 2. The van der Waals surface area contributed by atoms with Gasteiger partial charge in [-0.3, -0.25) is 0 Å². The summed E-state index contributed by atoms with van der Waals surface area (Å²) in [6, 6.07) is 4.24. The summed E-state index contributed by atoms with van der Waals surface area (Å²) in [7, 11) is 1.97. The molecule has 2 aromatic rings. The van der Waals surface area contributed by atoms with Crippen LogP contribution in [0.5, 0.6) is 0 Å². The summed E-state index contributed by atoms with van der Waals surface area (Å²) < 4.78 is 3.01. The fourth-order valence-corrected chi connectivity index (χ4v) is 2.44. The number of anilines is 2. The molecule has 0 spiro atoms. The number of benzene rings is 1. The van der Waals surface area contributed by atoms with Crippen LogP contribution < -0.4 is 5.32 Å². The number of hydrogen-bond acceptors (Lipinski definition) is 2. The van der Waals surface area contributed by atoms with E-state index in [1.807, 2.05) is 17.8 Å². The topological polar surface area (TPSA) is 29.9 Å².